The summed E-state index contributed by atoms with van der Waals surface area (Å²) in [6.45, 7) is 2.50. The molecule has 0 saturated heterocycles. The fourth-order valence-electron chi connectivity index (χ4n) is 3.63. The van der Waals surface area contributed by atoms with Gasteiger partial charge >= 0.3 is 0 Å². The number of nitrogens with one attached hydrogen (secondary N) is 1. The number of fused-ring (bicyclic) bond motifs is 1. The standard InChI is InChI=1S/C25H24ClN3O3/c1-16(18-9-10-23(31-2)24(13-18)32-3)28-25(30)19-7-8-20-14-27-29(22(20)12-19)15-17-5-4-6-21(26)11-17/h4-14,16H,15H2,1-3H3,(H,28,30)/t16-/m0/s1. The van der Waals surface area contributed by atoms with Crippen LogP contribution in [0.1, 0.15) is 34.5 Å². The Morgan fingerprint density at radius 2 is 1.88 bits per heavy atom. The Morgan fingerprint density at radius 1 is 1.06 bits per heavy atom. The number of carbonyl (C=O) groups is 1. The van der Waals surface area contributed by atoms with E-state index in [-0.39, 0.29) is 11.9 Å². The van der Waals surface area contributed by atoms with E-state index >= 15 is 0 Å². The lowest BCUT2D eigenvalue weighted by Crippen LogP contribution is -2.26. The van der Waals surface area contributed by atoms with Crippen molar-refractivity contribution in [1.29, 1.82) is 0 Å². The minimum atomic E-state index is -0.214. The normalized spacial score (nSPS) is 11.9. The van der Waals surface area contributed by atoms with Crippen LogP contribution in [0.25, 0.3) is 10.9 Å². The molecule has 1 amide bonds. The van der Waals surface area contributed by atoms with E-state index < -0.39 is 0 Å². The number of benzene rings is 3. The van der Waals surface area contributed by atoms with E-state index in [0.717, 1.165) is 22.0 Å². The molecule has 7 heteroatoms. The van der Waals surface area contributed by atoms with Crippen molar-refractivity contribution >= 4 is 28.4 Å². The van der Waals surface area contributed by atoms with Crippen LogP contribution in [0, 0.1) is 0 Å². The molecule has 0 saturated carbocycles. The summed E-state index contributed by atoms with van der Waals surface area (Å²) in [6, 6.07) is 18.7. The van der Waals surface area contributed by atoms with E-state index in [1.807, 2.05) is 72.3 Å². The van der Waals surface area contributed by atoms with Crippen LogP contribution in [-0.4, -0.2) is 29.9 Å². The number of amides is 1. The molecule has 3 aromatic carbocycles. The SMILES string of the molecule is COc1ccc([C@H](C)NC(=O)c2ccc3cnn(Cc4cccc(Cl)c4)c3c2)cc1OC. The van der Waals surface area contributed by atoms with Crippen LogP contribution in [0.15, 0.2) is 66.9 Å². The maximum atomic E-state index is 13.0. The molecule has 1 aromatic heterocycles. The van der Waals surface area contributed by atoms with E-state index in [9.17, 15) is 4.79 Å². The molecule has 1 atom stereocenters. The molecule has 164 valence electrons. The fourth-order valence-corrected chi connectivity index (χ4v) is 3.84. The lowest BCUT2D eigenvalue weighted by atomic mass is 10.1. The van der Waals surface area contributed by atoms with Crippen LogP contribution in [0.3, 0.4) is 0 Å². The van der Waals surface area contributed by atoms with Crippen molar-refractivity contribution in [1.82, 2.24) is 15.1 Å². The fraction of sp³-hybridized carbons (Fsp3) is 0.200. The third kappa shape index (κ3) is 4.55. The number of rotatable bonds is 7. The Balaban J connectivity index is 1.55. The Morgan fingerprint density at radius 3 is 2.62 bits per heavy atom. The van der Waals surface area contributed by atoms with Gasteiger partial charge in [0, 0.05) is 16.0 Å². The zero-order valence-corrected chi connectivity index (χ0v) is 18.9. The average molecular weight is 450 g/mol. The Kier molecular flexibility index (Phi) is 6.32. The average Bonchev–Trinajstić information content (AvgIpc) is 3.20. The summed E-state index contributed by atoms with van der Waals surface area (Å²) < 4.78 is 12.5. The number of ether oxygens (including phenoxy) is 2. The van der Waals surface area contributed by atoms with Crippen molar-refractivity contribution in [2.24, 2.45) is 0 Å². The molecule has 0 spiro atoms. The van der Waals surface area contributed by atoms with Crippen molar-refractivity contribution in [3.8, 4) is 11.5 Å². The van der Waals surface area contributed by atoms with Crippen molar-refractivity contribution in [3.05, 3.63) is 88.6 Å². The number of carbonyl (C=O) groups excluding carboxylic acids is 1. The number of nitrogens with zero attached hydrogens (tertiary/aromatic N) is 2. The monoisotopic (exact) mass is 449 g/mol. The smallest absolute Gasteiger partial charge is 0.251 e. The number of methoxy groups -OCH3 is 2. The predicted octanol–water partition coefficient (Wildman–Crippen LogP) is 5.25. The minimum absolute atomic E-state index is 0.162. The van der Waals surface area contributed by atoms with Crippen LogP contribution >= 0.6 is 11.6 Å². The second kappa shape index (κ2) is 9.32. The van der Waals surface area contributed by atoms with Gasteiger partial charge in [-0.2, -0.15) is 5.10 Å². The first kappa shape index (κ1) is 21.7. The van der Waals surface area contributed by atoms with E-state index in [4.69, 9.17) is 21.1 Å². The second-order valence-corrected chi connectivity index (χ2v) is 7.95. The zero-order valence-electron chi connectivity index (χ0n) is 18.1. The highest BCUT2D eigenvalue weighted by Crippen LogP contribution is 2.30. The summed E-state index contributed by atoms with van der Waals surface area (Å²) in [6.07, 6.45) is 1.80. The molecule has 0 aliphatic rings. The van der Waals surface area contributed by atoms with Crippen molar-refractivity contribution in [2.45, 2.75) is 19.5 Å². The third-order valence-electron chi connectivity index (χ3n) is 5.38. The van der Waals surface area contributed by atoms with Gasteiger partial charge in [0.15, 0.2) is 11.5 Å². The van der Waals surface area contributed by atoms with Gasteiger partial charge in [0.1, 0.15) is 0 Å². The first-order valence-corrected chi connectivity index (χ1v) is 10.6. The highest BCUT2D eigenvalue weighted by Gasteiger charge is 2.15. The lowest BCUT2D eigenvalue weighted by Gasteiger charge is -2.17. The largest absolute Gasteiger partial charge is 0.493 e. The quantitative estimate of drug-likeness (QED) is 0.418. The number of aromatic nitrogens is 2. The molecular weight excluding hydrogens is 426 g/mol. The third-order valence-corrected chi connectivity index (χ3v) is 5.62. The van der Waals surface area contributed by atoms with Crippen molar-refractivity contribution < 1.29 is 14.3 Å². The molecule has 1 N–H and O–H groups in total. The lowest BCUT2D eigenvalue weighted by molar-refractivity contribution is 0.0940. The Labute approximate surface area is 191 Å². The van der Waals surface area contributed by atoms with Crippen LogP contribution < -0.4 is 14.8 Å². The van der Waals surface area contributed by atoms with Crippen LogP contribution in [0.2, 0.25) is 5.02 Å². The van der Waals surface area contributed by atoms with E-state index in [1.54, 1.807) is 20.4 Å². The van der Waals surface area contributed by atoms with Crippen LogP contribution in [-0.2, 0) is 6.54 Å². The molecule has 0 aliphatic heterocycles. The molecule has 0 fully saturated rings. The molecule has 0 aliphatic carbocycles. The number of hydrogen-bond donors (Lipinski definition) is 1. The zero-order chi connectivity index (χ0) is 22.7. The highest BCUT2D eigenvalue weighted by atomic mass is 35.5. The van der Waals surface area contributed by atoms with Gasteiger partial charge < -0.3 is 14.8 Å². The molecule has 0 bridgehead atoms. The van der Waals surface area contributed by atoms with Gasteiger partial charge in [0.05, 0.1) is 38.5 Å². The molecule has 1 heterocycles. The van der Waals surface area contributed by atoms with Gasteiger partial charge in [-0.25, -0.2) is 0 Å². The molecule has 6 nitrogen and oxygen atoms in total. The van der Waals surface area contributed by atoms with Gasteiger partial charge in [-0.05, 0) is 54.4 Å². The number of hydrogen-bond acceptors (Lipinski definition) is 4. The predicted molar refractivity (Wildman–Crippen MR) is 126 cm³/mol. The Bertz CT molecular complexity index is 1270. The second-order valence-electron chi connectivity index (χ2n) is 7.52. The number of halogens is 1. The van der Waals surface area contributed by atoms with Crippen LogP contribution in [0.5, 0.6) is 11.5 Å². The molecule has 0 unspecified atom stereocenters. The minimum Gasteiger partial charge on any atom is -0.493 e. The van der Waals surface area contributed by atoms with Crippen molar-refractivity contribution in [3.63, 3.8) is 0 Å². The molecule has 4 aromatic rings. The van der Waals surface area contributed by atoms with Crippen molar-refractivity contribution in [2.75, 3.05) is 14.2 Å². The molecule has 4 rings (SSSR count). The maximum Gasteiger partial charge on any atom is 0.251 e. The van der Waals surface area contributed by atoms with Crippen LogP contribution in [0.4, 0.5) is 0 Å². The van der Waals surface area contributed by atoms with Gasteiger partial charge in [0.2, 0.25) is 0 Å². The van der Waals surface area contributed by atoms with Gasteiger partial charge in [0.25, 0.3) is 5.91 Å². The van der Waals surface area contributed by atoms with Gasteiger partial charge in [-0.1, -0.05) is 35.9 Å². The van der Waals surface area contributed by atoms with E-state index in [1.165, 1.54) is 0 Å². The van der Waals surface area contributed by atoms with Gasteiger partial charge in [-0.3, -0.25) is 9.48 Å². The molecule has 32 heavy (non-hydrogen) atoms. The molecule has 0 radical (unpaired) electrons. The summed E-state index contributed by atoms with van der Waals surface area (Å²) in [7, 11) is 3.18. The maximum absolute atomic E-state index is 13.0. The summed E-state index contributed by atoms with van der Waals surface area (Å²) >= 11 is 6.11. The topological polar surface area (TPSA) is 65.4 Å². The van der Waals surface area contributed by atoms with Gasteiger partial charge in [-0.15, -0.1) is 0 Å². The van der Waals surface area contributed by atoms with E-state index in [2.05, 4.69) is 10.4 Å². The summed E-state index contributed by atoms with van der Waals surface area (Å²) in [5.74, 6) is 1.11. The summed E-state index contributed by atoms with van der Waals surface area (Å²) in [5, 5.41) is 9.19. The van der Waals surface area contributed by atoms with E-state index in [0.29, 0.717) is 28.6 Å². The summed E-state index contributed by atoms with van der Waals surface area (Å²) in [5.41, 5.74) is 3.41. The highest BCUT2D eigenvalue weighted by molar-refractivity contribution is 6.30. The Hall–Kier alpha value is -3.51. The first-order valence-electron chi connectivity index (χ1n) is 10.2. The first-order chi connectivity index (χ1) is 15.5. The summed E-state index contributed by atoms with van der Waals surface area (Å²) in [4.78, 5) is 13.0. The molecular formula is C25H24ClN3O3.